The van der Waals surface area contributed by atoms with Gasteiger partial charge >= 0.3 is 0 Å². The molecule has 4 aromatic rings. The molecule has 10 nitrogen and oxygen atoms in total. The quantitative estimate of drug-likeness (QED) is 0.287. The van der Waals surface area contributed by atoms with Crippen molar-refractivity contribution in [1.82, 2.24) is 15.0 Å². The van der Waals surface area contributed by atoms with Gasteiger partial charge in [-0.15, -0.1) is 0 Å². The summed E-state index contributed by atoms with van der Waals surface area (Å²) in [5.74, 6) is 2.64. The van der Waals surface area contributed by atoms with Crippen LogP contribution in [0.5, 0.6) is 28.1 Å². The molecule has 2 unspecified atom stereocenters. The van der Waals surface area contributed by atoms with Gasteiger partial charge in [0.25, 0.3) is 5.91 Å². The lowest BCUT2D eigenvalue weighted by molar-refractivity contribution is 0.101. The molecule has 1 aliphatic heterocycles. The monoisotopic (exact) mass is 545 g/mol. The van der Waals surface area contributed by atoms with Gasteiger partial charge in [-0.05, 0) is 37.6 Å². The molecule has 1 aromatic carbocycles. The first-order valence-electron chi connectivity index (χ1n) is 12.4. The van der Waals surface area contributed by atoms with E-state index in [4.69, 9.17) is 18.9 Å². The molecule has 0 bridgehead atoms. The fraction of sp³-hybridized carbons (Fsp3) is 0.250. The van der Waals surface area contributed by atoms with Crippen LogP contribution in [0.25, 0.3) is 16.5 Å². The fourth-order valence-corrected chi connectivity index (χ4v) is 5.25. The van der Waals surface area contributed by atoms with Gasteiger partial charge in [0.1, 0.15) is 22.3 Å². The summed E-state index contributed by atoms with van der Waals surface area (Å²) in [6, 6.07) is 9.16. The molecular weight excluding hydrogens is 518 g/mol. The molecule has 4 heterocycles. The zero-order chi connectivity index (χ0) is 26.9. The van der Waals surface area contributed by atoms with Crippen LogP contribution in [0.15, 0.2) is 53.8 Å². The number of allylic oxidation sites excluding steroid dienone is 1. The van der Waals surface area contributed by atoms with Crippen LogP contribution in [-0.2, 0) is 0 Å². The van der Waals surface area contributed by atoms with Crippen LogP contribution < -0.4 is 24.3 Å². The van der Waals surface area contributed by atoms with Gasteiger partial charge in [0.05, 0.1) is 38.6 Å². The number of rotatable bonds is 9. The van der Waals surface area contributed by atoms with Crippen molar-refractivity contribution in [3.05, 3.63) is 59.5 Å². The lowest BCUT2D eigenvalue weighted by atomic mass is 10.2. The summed E-state index contributed by atoms with van der Waals surface area (Å²) < 4.78 is 22.6. The highest BCUT2D eigenvalue weighted by atomic mass is 32.1. The predicted octanol–water partition coefficient (Wildman–Crippen LogP) is 5.65. The standard InChI is InChI=1S/C28H25N5O5S.H2/c1-4-37-28-25(33-27(39-28)16-9-15-10-19(15)30-13-16)26(34)32-24-6-5-17(14-31-24)38-21-7-8-29-20-12-23(36-3)22(35-2)11-18(20)21;/h5-9,11-15,19H,4,10H2,1-3H3,(H,31,32,34);1H. The number of dihydropyridines is 1. The first-order valence-corrected chi connectivity index (χ1v) is 13.2. The summed E-state index contributed by atoms with van der Waals surface area (Å²) in [6.07, 6.45) is 8.27. The average molecular weight is 546 g/mol. The van der Waals surface area contributed by atoms with Crippen molar-refractivity contribution in [2.45, 2.75) is 19.4 Å². The number of ether oxygens (including phenoxy) is 4. The number of carbonyl (C=O) groups is 1. The smallest absolute Gasteiger partial charge is 0.280 e. The van der Waals surface area contributed by atoms with Crippen LogP contribution in [0.4, 0.5) is 5.82 Å². The van der Waals surface area contributed by atoms with Crippen LogP contribution in [-0.4, -0.2) is 53.9 Å². The van der Waals surface area contributed by atoms with Crippen LogP contribution >= 0.6 is 11.3 Å². The number of methoxy groups -OCH3 is 2. The number of anilines is 1. The zero-order valence-corrected chi connectivity index (χ0v) is 22.3. The number of aromatic nitrogens is 3. The van der Waals surface area contributed by atoms with Crippen LogP contribution in [0.2, 0.25) is 0 Å². The molecule has 1 aliphatic carbocycles. The first kappa shape index (κ1) is 24.8. The van der Waals surface area contributed by atoms with E-state index < -0.39 is 5.91 Å². The number of nitrogens with zero attached hydrogens (tertiary/aromatic N) is 4. The van der Waals surface area contributed by atoms with Crippen LogP contribution in [0.1, 0.15) is 30.3 Å². The number of benzene rings is 1. The third kappa shape index (κ3) is 5.00. The number of nitrogens with one attached hydrogen (secondary N) is 1. The highest BCUT2D eigenvalue weighted by Crippen LogP contribution is 2.42. The molecule has 6 rings (SSSR count). The maximum atomic E-state index is 13.1. The Morgan fingerprint density at radius 3 is 2.72 bits per heavy atom. The highest BCUT2D eigenvalue weighted by Gasteiger charge is 2.37. The van der Waals surface area contributed by atoms with E-state index in [-0.39, 0.29) is 7.12 Å². The fourth-order valence-electron chi connectivity index (χ4n) is 4.28. The van der Waals surface area contributed by atoms with Gasteiger partial charge in [-0.25, -0.2) is 9.97 Å². The minimum atomic E-state index is -0.402. The number of hydrogen-bond donors (Lipinski definition) is 1. The second kappa shape index (κ2) is 10.3. The summed E-state index contributed by atoms with van der Waals surface area (Å²) in [5.41, 5.74) is 1.85. The zero-order valence-electron chi connectivity index (χ0n) is 21.5. The molecule has 11 heteroatoms. The van der Waals surface area contributed by atoms with Crippen molar-refractivity contribution < 1.29 is 25.2 Å². The van der Waals surface area contributed by atoms with E-state index >= 15 is 0 Å². The Hall–Kier alpha value is -4.51. The largest absolute Gasteiger partial charge is 0.493 e. The molecule has 2 atom stereocenters. The van der Waals surface area contributed by atoms with E-state index in [1.54, 1.807) is 44.7 Å². The molecule has 2 aliphatic rings. The van der Waals surface area contributed by atoms with Gasteiger partial charge in [0, 0.05) is 36.8 Å². The maximum absolute atomic E-state index is 13.1. The molecule has 1 N–H and O–H groups in total. The van der Waals surface area contributed by atoms with Gasteiger partial charge in [0.15, 0.2) is 17.2 Å². The van der Waals surface area contributed by atoms with E-state index in [1.165, 1.54) is 17.5 Å². The summed E-state index contributed by atoms with van der Waals surface area (Å²) >= 11 is 1.34. The Bertz CT molecular complexity index is 1620. The Labute approximate surface area is 229 Å². The summed E-state index contributed by atoms with van der Waals surface area (Å²) in [6.45, 7) is 2.29. The number of aliphatic imine (C=N–C) groups is 1. The number of fused-ring (bicyclic) bond motifs is 2. The number of carbonyl (C=O) groups excluding carboxylic acids is 1. The topological polar surface area (TPSA) is 117 Å². The second-order valence-corrected chi connectivity index (χ2v) is 9.89. The third-order valence-electron chi connectivity index (χ3n) is 6.35. The first-order chi connectivity index (χ1) is 19.1. The summed E-state index contributed by atoms with van der Waals surface area (Å²) in [4.78, 5) is 31.0. The molecule has 0 saturated heterocycles. The molecule has 200 valence electrons. The highest BCUT2D eigenvalue weighted by molar-refractivity contribution is 7.15. The van der Waals surface area contributed by atoms with Gasteiger partial charge in [-0.3, -0.25) is 14.8 Å². The predicted molar refractivity (Wildman–Crippen MR) is 151 cm³/mol. The molecule has 0 radical (unpaired) electrons. The number of thiazole rings is 1. The number of amides is 1. The van der Waals surface area contributed by atoms with E-state index in [1.807, 2.05) is 19.2 Å². The minimum absolute atomic E-state index is 0. The van der Waals surface area contributed by atoms with Crippen LogP contribution in [0, 0.1) is 5.92 Å². The molecule has 1 amide bonds. The van der Waals surface area contributed by atoms with E-state index in [0.29, 0.717) is 63.0 Å². The SMILES string of the molecule is CCOc1sc(C2=CC3CC3N=C2)nc1C(=O)Nc1ccc(Oc2ccnc3cc(OC)c(OC)cc23)cn1.[HH]. The van der Waals surface area contributed by atoms with Gasteiger partial charge < -0.3 is 24.3 Å². The molecule has 39 heavy (non-hydrogen) atoms. The molecule has 0 spiro atoms. The van der Waals surface area contributed by atoms with Crippen LogP contribution in [0.3, 0.4) is 0 Å². The minimum Gasteiger partial charge on any atom is -0.493 e. The Kier molecular flexibility index (Phi) is 6.57. The maximum Gasteiger partial charge on any atom is 0.280 e. The summed E-state index contributed by atoms with van der Waals surface area (Å²) in [5, 5.41) is 4.74. The van der Waals surface area contributed by atoms with Crippen molar-refractivity contribution in [2.24, 2.45) is 10.9 Å². The number of hydrogen-bond acceptors (Lipinski definition) is 10. The van der Waals surface area contributed by atoms with E-state index in [0.717, 1.165) is 17.4 Å². The Morgan fingerprint density at radius 1 is 1.13 bits per heavy atom. The van der Waals surface area contributed by atoms with Crippen molar-refractivity contribution in [2.75, 3.05) is 26.1 Å². The lowest BCUT2D eigenvalue weighted by Crippen LogP contribution is -2.14. The van der Waals surface area contributed by atoms with Gasteiger partial charge in [0.2, 0.25) is 5.06 Å². The molecular formula is C28H27N5O5S. The van der Waals surface area contributed by atoms with E-state index in [9.17, 15) is 4.79 Å². The summed E-state index contributed by atoms with van der Waals surface area (Å²) in [7, 11) is 3.15. The normalized spacial score (nSPS) is 17.3. The van der Waals surface area contributed by atoms with Crippen molar-refractivity contribution in [3.8, 4) is 28.1 Å². The molecule has 1 saturated carbocycles. The third-order valence-corrected chi connectivity index (χ3v) is 7.37. The second-order valence-electron chi connectivity index (χ2n) is 8.92. The molecule has 1 fully saturated rings. The Morgan fingerprint density at radius 2 is 1.97 bits per heavy atom. The van der Waals surface area contributed by atoms with Crippen molar-refractivity contribution in [1.29, 1.82) is 0 Å². The van der Waals surface area contributed by atoms with Crippen molar-refractivity contribution >= 4 is 45.8 Å². The Balaban J connectivity index is 0.00000323. The van der Waals surface area contributed by atoms with E-state index in [2.05, 4.69) is 31.3 Å². The van der Waals surface area contributed by atoms with Gasteiger partial charge in [-0.1, -0.05) is 17.4 Å². The van der Waals surface area contributed by atoms with Gasteiger partial charge in [-0.2, -0.15) is 0 Å². The number of pyridine rings is 2. The molecule has 3 aromatic heterocycles. The lowest BCUT2D eigenvalue weighted by Gasteiger charge is -2.12. The van der Waals surface area contributed by atoms with Crippen molar-refractivity contribution in [3.63, 3.8) is 0 Å². The average Bonchev–Trinajstić information content (AvgIpc) is 3.62.